The second-order valence-corrected chi connectivity index (χ2v) is 6.38. The summed E-state index contributed by atoms with van der Waals surface area (Å²) in [7, 11) is 0. The predicted octanol–water partition coefficient (Wildman–Crippen LogP) is 4.75. The summed E-state index contributed by atoms with van der Waals surface area (Å²) in [4.78, 5) is 11.5. The van der Waals surface area contributed by atoms with Gasteiger partial charge in [0, 0.05) is 18.0 Å². The van der Waals surface area contributed by atoms with Crippen LogP contribution in [0.2, 0.25) is 0 Å². The molecule has 0 bridgehead atoms. The van der Waals surface area contributed by atoms with Gasteiger partial charge in [0.2, 0.25) is 0 Å². The first-order chi connectivity index (χ1) is 14.1. The molecular weight excluding hydrogens is 368 g/mol. The van der Waals surface area contributed by atoms with Crippen LogP contribution in [-0.4, -0.2) is 20.7 Å². The average molecular weight is 384 g/mol. The van der Waals surface area contributed by atoms with Crippen LogP contribution in [0.3, 0.4) is 0 Å². The normalized spacial score (nSPS) is 10.5. The summed E-state index contributed by atoms with van der Waals surface area (Å²) in [6.45, 7) is 1.70. The minimum atomic E-state index is -1.05. The molecule has 0 saturated carbocycles. The van der Waals surface area contributed by atoms with Crippen LogP contribution in [0.4, 0.5) is 11.4 Å². The smallest absolute Gasteiger partial charge is 0.337 e. The minimum absolute atomic E-state index is 0.136. The molecule has 0 atom stereocenters. The Kier molecular flexibility index (Phi) is 4.59. The summed E-state index contributed by atoms with van der Waals surface area (Å²) >= 11 is 0. The lowest BCUT2D eigenvalue weighted by Crippen LogP contribution is -2.01. The Bertz CT molecular complexity index is 1260. The van der Waals surface area contributed by atoms with Crippen molar-refractivity contribution in [1.29, 1.82) is 5.26 Å². The molecule has 2 N–H and O–H groups in total. The van der Waals surface area contributed by atoms with E-state index in [1.54, 1.807) is 6.92 Å². The van der Waals surface area contributed by atoms with Crippen molar-refractivity contribution in [3.05, 3.63) is 83.7 Å². The van der Waals surface area contributed by atoms with Crippen molar-refractivity contribution in [2.75, 3.05) is 5.32 Å². The second-order valence-electron chi connectivity index (χ2n) is 6.38. The van der Waals surface area contributed by atoms with Crippen LogP contribution in [0, 0.1) is 18.3 Å². The lowest BCUT2D eigenvalue weighted by Gasteiger charge is -2.12. The van der Waals surface area contributed by atoms with Crippen LogP contribution >= 0.6 is 0 Å². The van der Waals surface area contributed by atoms with Crippen molar-refractivity contribution in [2.24, 2.45) is 0 Å². The molecule has 0 amide bonds. The molecule has 0 spiro atoms. The molecular formula is C22H16N4O3. The lowest BCUT2D eigenvalue weighted by atomic mass is 10.1. The van der Waals surface area contributed by atoms with Gasteiger partial charge in [0.25, 0.3) is 0 Å². The Morgan fingerprint density at radius 2 is 1.93 bits per heavy atom. The number of carboxylic acids is 1. The lowest BCUT2D eigenvalue weighted by molar-refractivity contribution is 0.0696. The van der Waals surface area contributed by atoms with Gasteiger partial charge in [0.05, 0.1) is 28.5 Å². The molecule has 0 aliphatic carbocycles. The summed E-state index contributed by atoms with van der Waals surface area (Å²) in [5.74, 6) is 0.293. The van der Waals surface area contributed by atoms with E-state index < -0.39 is 5.97 Å². The number of hydrogen-bond donors (Lipinski definition) is 2. The maximum atomic E-state index is 11.5. The molecule has 2 heterocycles. The Labute approximate surface area is 166 Å². The van der Waals surface area contributed by atoms with Crippen LogP contribution in [-0.2, 0) is 0 Å². The summed E-state index contributed by atoms with van der Waals surface area (Å²) in [6, 6.07) is 18.8. The van der Waals surface area contributed by atoms with Crippen LogP contribution in [0.15, 0.2) is 67.0 Å². The number of nitrogens with one attached hydrogen (secondary N) is 1. The number of hydrogen-bond acceptors (Lipinski definition) is 5. The highest BCUT2D eigenvalue weighted by Gasteiger charge is 2.19. The molecule has 0 radical (unpaired) electrons. The van der Waals surface area contributed by atoms with Gasteiger partial charge in [-0.25, -0.2) is 9.31 Å². The Morgan fingerprint density at radius 1 is 1.17 bits per heavy atom. The van der Waals surface area contributed by atoms with Crippen molar-refractivity contribution < 1.29 is 14.6 Å². The number of aromatic nitrogens is 2. The molecule has 0 saturated heterocycles. The molecule has 29 heavy (non-hydrogen) atoms. The van der Waals surface area contributed by atoms with Gasteiger partial charge in [0.15, 0.2) is 0 Å². The van der Waals surface area contributed by atoms with Crippen LogP contribution in [0.1, 0.15) is 21.5 Å². The first-order valence-electron chi connectivity index (χ1n) is 8.81. The third-order valence-electron chi connectivity index (χ3n) is 4.49. The standard InChI is InChI=1S/C22H16N4O3/c1-14-19(22(27)28)13-26-21(14)20(15(11-23)12-24-26)25-16-6-5-9-18(10-16)29-17-7-3-2-4-8-17/h2-10,12-13,25H,1H3,(H,27,28). The van der Waals surface area contributed by atoms with Crippen LogP contribution in [0.5, 0.6) is 11.5 Å². The number of anilines is 2. The first-order valence-corrected chi connectivity index (χ1v) is 8.81. The van der Waals surface area contributed by atoms with Gasteiger partial charge in [0.1, 0.15) is 17.6 Å². The molecule has 0 aliphatic heterocycles. The van der Waals surface area contributed by atoms with Crippen molar-refractivity contribution in [1.82, 2.24) is 9.61 Å². The van der Waals surface area contributed by atoms with E-state index in [2.05, 4.69) is 16.5 Å². The van der Waals surface area contributed by atoms with Gasteiger partial charge in [-0.3, -0.25) is 0 Å². The van der Waals surface area contributed by atoms with Crippen molar-refractivity contribution >= 4 is 22.9 Å². The highest BCUT2D eigenvalue weighted by molar-refractivity contribution is 5.96. The van der Waals surface area contributed by atoms with Gasteiger partial charge in [-0.2, -0.15) is 10.4 Å². The van der Waals surface area contributed by atoms with E-state index in [0.29, 0.717) is 39.5 Å². The van der Waals surface area contributed by atoms with E-state index in [-0.39, 0.29) is 5.56 Å². The zero-order chi connectivity index (χ0) is 20.4. The minimum Gasteiger partial charge on any atom is -0.478 e. The van der Waals surface area contributed by atoms with Crippen LogP contribution < -0.4 is 10.1 Å². The number of carboxylic acid groups (broad SMARTS) is 1. The van der Waals surface area contributed by atoms with E-state index in [4.69, 9.17) is 4.74 Å². The molecule has 142 valence electrons. The van der Waals surface area contributed by atoms with Gasteiger partial charge >= 0.3 is 5.97 Å². The topological polar surface area (TPSA) is 99.6 Å². The van der Waals surface area contributed by atoms with E-state index in [1.165, 1.54) is 16.9 Å². The number of ether oxygens (including phenoxy) is 1. The average Bonchev–Trinajstić information content (AvgIpc) is 3.06. The molecule has 7 heteroatoms. The van der Waals surface area contributed by atoms with E-state index in [0.717, 1.165) is 0 Å². The highest BCUT2D eigenvalue weighted by Crippen LogP contribution is 2.32. The van der Waals surface area contributed by atoms with Gasteiger partial charge in [-0.1, -0.05) is 24.3 Å². The predicted molar refractivity (Wildman–Crippen MR) is 108 cm³/mol. The van der Waals surface area contributed by atoms with Crippen molar-refractivity contribution in [3.63, 3.8) is 0 Å². The highest BCUT2D eigenvalue weighted by atomic mass is 16.5. The summed E-state index contributed by atoms with van der Waals surface area (Å²) < 4.78 is 7.32. The summed E-state index contributed by atoms with van der Waals surface area (Å²) in [6.07, 6.45) is 2.85. The largest absolute Gasteiger partial charge is 0.478 e. The number of benzene rings is 2. The Hall–Kier alpha value is -4.31. The van der Waals surface area contributed by atoms with Crippen molar-refractivity contribution in [2.45, 2.75) is 6.92 Å². The Balaban J connectivity index is 1.75. The number of rotatable bonds is 5. The number of para-hydroxylation sites is 1. The fraction of sp³-hybridized carbons (Fsp3) is 0.0455. The molecule has 2 aromatic heterocycles. The number of aryl methyl sites for hydroxylation is 1. The monoisotopic (exact) mass is 384 g/mol. The number of aromatic carboxylic acids is 1. The van der Waals surface area contributed by atoms with Crippen molar-refractivity contribution in [3.8, 4) is 17.6 Å². The number of carbonyl (C=O) groups is 1. The molecule has 0 unspecified atom stereocenters. The molecule has 0 fully saturated rings. The SMILES string of the molecule is Cc1c(C(=O)O)cn2ncc(C#N)c(Nc3cccc(Oc4ccccc4)c3)c12. The van der Waals surface area contributed by atoms with Gasteiger partial charge in [-0.15, -0.1) is 0 Å². The second kappa shape index (κ2) is 7.37. The van der Waals surface area contributed by atoms with E-state index in [1.807, 2.05) is 54.6 Å². The molecule has 2 aromatic carbocycles. The quantitative estimate of drug-likeness (QED) is 0.515. The van der Waals surface area contributed by atoms with E-state index >= 15 is 0 Å². The zero-order valence-corrected chi connectivity index (χ0v) is 15.5. The fourth-order valence-corrected chi connectivity index (χ4v) is 3.12. The number of nitrogens with zero attached hydrogens (tertiary/aromatic N) is 3. The molecule has 4 rings (SSSR count). The van der Waals surface area contributed by atoms with Crippen LogP contribution in [0.25, 0.3) is 5.52 Å². The maximum absolute atomic E-state index is 11.5. The van der Waals surface area contributed by atoms with Gasteiger partial charge in [-0.05, 0) is 36.8 Å². The maximum Gasteiger partial charge on any atom is 0.337 e. The number of fused-ring (bicyclic) bond motifs is 1. The molecule has 4 aromatic rings. The molecule has 0 aliphatic rings. The van der Waals surface area contributed by atoms with E-state index in [9.17, 15) is 15.2 Å². The molecule has 7 nitrogen and oxygen atoms in total. The summed E-state index contributed by atoms with van der Waals surface area (Å²) in [5.41, 5.74) is 2.70. The van der Waals surface area contributed by atoms with Gasteiger partial charge < -0.3 is 15.2 Å². The third kappa shape index (κ3) is 3.47. The third-order valence-corrected chi connectivity index (χ3v) is 4.49. The summed E-state index contributed by atoms with van der Waals surface area (Å²) in [5, 5.41) is 26.3. The zero-order valence-electron chi connectivity index (χ0n) is 15.5. The fourth-order valence-electron chi connectivity index (χ4n) is 3.12. The first kappa shape index (κ1) is 18.1. The Morgan fingerprint density at radius 3 is 2.66 bits per heavy atom. The number of nitriles is 1.